The molecule has 2 rings (SSSR count). The minimum atomic E-state index is -3.41. The van der Waals surface area contributed by atoms with Gasteiger partial charge in [0.05, 0.1) is 18.5 Å². The summed E-state index contributed by atoms with van der Waals surface area (Å²) in [6.07, 6.45) is -0.0957. The first-order valence-electron chi connectivity index (χ1n) is 7.15. The summed E-state index contributed by atoms with van der Waals surface area (Å²) in [4.78, 5) is 2.25. The van der Waals surface area contributed by atoms with E-state index in [0.29, 0.717) is 24.4 Å². The normalized spacial score (nSPS) is 20.5. The third-order valence-electron chi connectivity index (χ3n) is 3.60. The van der Waals surface area contributed by atoms with Crippen LogP contribution in [0.25, 0.3) is 0 Å². The quantitative estimate of drug-likeness (QED) is 0.743. The molecule has 7 heteroatoms. The Labute approximate surface area is 126 Å². The van der Waals surface area contributed by atoms with E-state index in [-0.39, 0.29) is 11.9 Å². The Kier molecular flexibility index (Phi) is 5.58. The van der Waals surface area contributed by atoms with Gasteiger partial charge in [-0.2, -0.15) is 0 Å². The van der Waals surface area contributed by atoms with Crippen LogP contribution >= 0.6 is 0 Å². The first-order valence-corrected chi connectivity index (χ1v) is 8.80. The lowest BCUT2D eigenvalue weighted by molar-refractivity contribution is -0.0229. The maximum Gasteiger partial charge on any atom is 0.215 e. The SMILES string of the molecule is CCN1CCOC(CNS(=O)(=O)Cc2ccccc2N)C1. The van der Waals surface area contributed by atoms with Crippen LogP contribution in [0.3, 0.4) is 0 Å². The molecule has 0 aliphatic carbocycles. The highest BCUT2D eigenvalue weighted by Gasteiger charge is 2.21. The highest BCUT2D eigenvalue weighted by atomic mass is 32.2. The maximum absolute atomic E-state index is 12.1. The average Bonchev–Trinajstić information content (AvgIpc) is 2.48. The third kappa shape index (κ3) is 4.96. The van der Waals surface area contributed by atoms with Crippen molar-refractivity contribution in [1.29, 1.82) is 0 Å². The van der Waals surface area contributed by atoms with E-state index in [4.69, 9.17) is 10.5 Å². The summed E-state index contributed by atoms with van der Waals surface area (Å²) in [6.45, 7) is 5.64. The van der Waals surface area contributed by atoms with Gasteiger partial charge >= 0.3 is 0 Å². The molecule has 1 aliphatic heterocycles. The summed E-state index contributed by atoms with van der Waals surface area (Å²) in [5, 5.41) is 0. The standard InChI is InChI=1S/C14H23N3O3S/c1-2-17-7-8-20-13(10-17)9-16-21(18,19)11-12-5-3-4-6-14(12)15/h3-6,13,16H,2,7-11,15H2,1H3. The van der Waals surface area contributed by atoms with E-state index in [9.17, 15) is 8.42 Å². The molecule has 21 heavy (non-hydrogen) atoms. The molecule has 0 bridgehead atoms. The Morgan fingerprint density at radius 1 is 1.43 bits per heavy atom. The molecular weight excluding hydrogens is 290 g/mol. The Morgan fingerprint density at radius 2 is 2.19 bits per heavy atom. The van der Waals surface area contributed by atoms with E-state index in [1.807, 2.05) is 0 Å². The van der Waals surface area contributed by atoms with Crippen LogP contribution in [0.2, 0.25) is 0 Å². The molecule has 0 spiro atoms. The monoisotopic (exact) mass is 313 g/mol. The van der Waals surface area contributed by atoms with Gasteiger partial charge in [-0.1, -0.05) is 25.1 Å². The van der Waals surface area contributed by atoms with Crippen molar-refractivity contribution in [1.82, 2.24) is 9.62 Å². The van der Waals surface area contributed by atoms with Crippen LogP contribution in [0.1, 0.15) is 12.5 Å². The number of hydrogen-bond acceptors (Lipinski definition) is 5. The molecule has 1 atom stereocenters. The van der Waals surface area contributed by atoms with Gasteiger partial charge in [0.15, 0.2) is 0 Å². The number of nitrogen functional groups attached to an aromatic ring is 1. The first kappa shape index (κ1) is 16.2. The number of para-hydroxylation sites is 1. The lowest BCUT2D eigenvalue weighted by Gasteiger charge is -2.32. The number of nitrogens with two attached hydrogens (primary N) is 1. The van der Waals surface area contributed by atoms with Crippen molar-refractivity contribution >= 4 is 15.7 Å². The van der Waals surface area contributed by atoms with Gasteiger partial charge in [-0.05, 0) is 18.2 Å². The Hall–Kier alpha value is -1.15. The van der Waals surface area contributed by atoms with Gasteiger partial charge in [0.25, 0.3) is 0 Å². The number of nitrogens with zero attached hydrogens (tertiary/aromatic N) is 1. The smallest absolute Gasteiger partial charge is 0.215 e. The summed E-state index contributed by atoms with van der Waals surface area (Å²) < 4.78 is 32.4. The van der Waals surface area contributed by atoms with Crippen LogP contribution in [-0.2, 0) is 20.5 Å². The molecule has 1 aliphatic rings. The zero-order chi connectivity index (χ0) is 15.3. The molecule has 3 N–H and O–H groups in total. The van der Waals surface area contributed by atoms with Crippen LogP contribution in [0.5, 0.6) is 0 Å². The third-order valence-corrected chi connectivity index (χ3v) is 4.90. The molecule has 1 saturated heterocycles. The van der Waals surface area contributed by atoms with Crippen molar-refractivity contribution in [3.8, 4) is 0 Å². The molecule has 118 valence electrons. The van der Waals surface area contributed by atoms with Crippen LogP contribution in [-0.4, -0.2) is 52.2 Å². The number of morpholine rings is 1. The molecule has 1 aromatic carbocycles. The molecule has 0 amide bonds. The number of ether oxygens (including phenoxy) is 1. The summed E-state index contributed by atoms with van der Waals surface area (Å²) >= 11 is 0. The topological polar surface area (TPSA) is 84.7 Å². The molecule has 0 saturated carbocycles. The Morgan fingerprint density at radius 3 is 2.90 bits per heavy atom. The fraction of sp³-hybridized carbons (Fsp3) is 0.571. The van der Waals surface area contributed by atoms with E-state index in [1.165, 1.54) is 0 Å². The number of hydrogen-bond donors (Lipinski definition) is 2. The lowest BCUT2D eigenvalue weighted by atomic mass is 10.2. The minimum Gasteiger partial charge on any atom is -0.398 e. The number of benzene rings is 1. The highest BCUT2D eigenvalue weighted by molar-refractivity contribution is 7.88. The number of nitrogens with one attached hydrogen (secondary N) is 1. The van der Waals surface area contributed by atoms with Crippen LogP contribution in [0, 0.1) is 0 Å². The largest absolute Gasteiger partial charge is 0.398 e. The summed E-state index contributed by atoms with van der Waals surface area (Å²) in [5.74, 6) is -0.107. The number of anilines is 1. The predicted molar refractivity (Wildman–Crippen MR) is 83.3 cm³/mol. The van der Waals surface area contributed by atoms with Gasteiger partial charge in [-0.15, -0.1) is 0 Å². The van der Waals surface area contributed by atoms with Gasteiger partial charge in [0, 0.05) is 25.3 Å². The van der Waals surface area contributed by atoms with Crippen molar-refractivity contribution in [2.45, 2.75) is 18.8 Å². The van der Waals surface area contributed by atoms with Gasteiger partial charge in [0.1, 0.15) is 0 Å². The molecule has 1 aromatic rings. The Bertz CT molecular complexity index is 562. The van der Waals surface area contributed by atoms with Gasteiger partial charge in [0.2, 0.25) is 10.0 Å². The summed E-state index contributed by atoms with van der Waals surface area (Å²) in [7, 11) is -3.41. The molecule has 1 fully saturated rings. The van der Waals surface area contributed by atoms with E-state index in [1.54, 1.807) is 24.3 Å². The minimum absolute atomic E-state index is 0.0957. The summed E-state index contributed by atoms with van der Waals surface area (Å²) in [6, 6.07) is 7.00. The van der Waals surface area contributed by atoms with Crippen molar-refractivity contribution in [3.63, 3.8) is 0 Å². The second kappa shape index (κ2) is 7.22. The second-order valence-corrected chi connectivity index (χ2v) is 7.00. The fourth-order valence-corrected chi connectivity index (χ4v) is 3.55. The number of rotatable bonds is 6. The van der Waals surface area contributed by atoms with Crippen molar-refractivity contribution in [2.75, 3.05) is 38.5 Å². The van der Waals surface area contributed by atoms with Crippen molar-refractivity contribution < 1.29 is 13.2 Å². The predicted octanol–water partition coefficient (Wildman–Crippen LogP) is 0.409. The maximum atomic E-state index is 12.1. The van der Waals surface area contributed by atoms with Crippen molar-refractivity contribution in [3.05, 3.63) is 29.8 Å². The molecular formula is C14H23N3O3S. The van der Waals surface area contributed by atoms with Gasteiger partial charge < -0.3 is 10.5 Å². The highest BCUT2D eigenvalue weighted by Crippen LogP contribution is 2.13. The second-order valence-electron chi connectivity index (χ2n) is 5.19. The van der Waals surface area contributed by atoms with E-state index in [0.717, 1.165) is 19.6 Å². The average molecular weight is 313 g/mol. The van der Waals surface area contributed by atoms with E-state index >= 15 is 0 Å². The van der Waals surface area contributed by atoms with Crippen molar-refractivity contribution in [2.24, 2.45) is 0 Å². The zero-order valence-electron chi connectivity index (χ0n) is 12.3. The molecule has 6 nitrogen and oxygen atoms in total. The van der Waals surface area contributed by atoms with Crippen LogP contribution in [0.15, 0.2) is 24.3 Å². The number of sulfonamides is 1. The zero-order valence-corrected chi connectivity index (χ0v) is 13.1. The van der Waals surface area contributed by atoms with E-state index in [2.05, 4.69) is 16.5 Å². The first-order chi connectivity index (χ1) is 10.00. The molecule has 1 heterocycles. The van der Waals surface area contributed by atoms with Gasteiger partial charge in [-0.3, -0.25) is 4.90 Å². The molecule has 0 aromatic heterocycles. The number of likely N-dealkylation sites (N-methyl/N-ethyl adjacent to an activating group) is 1. The lowest BCUT2D eigenvalue weighted by Crippen LogP contribution is -2.47. The van der Waals surface area contributed by atoms with Crippen LogP contribution in [0.4, 0.5) is 5.69 Å². The van der Waals surface area contributed by atoms with Gasteiger partial charge in [-0.25, -0.2) is 13.1 Å². The molecule has 1 unspecified atom stereocenters. The van der Waals surface area contributed by atoms with Crippen LogP contribution < -0.4 is 10.5 Å². The van der Waals surface area contributed by atoms with E-state index < -0.39 is 10.0 Å². The molecule has 0 radical (unpaired) electrons. The Balaban J connectivity index is 1.88. The fourth-order valence-electron chi connectivity index (χ4n) is 2.33. The summed E-state index contributed by atoms with van der Waals surface area (Å²) in [5.41, 5.74) is 6.89.